The molecule has 0 atom stereocenters. The van der Waals surface area contributed by atoms with Gasteiger partial charge in [-0.3, -0.25) is 4.79 Å². The van der Waals surface area contributed by atoms with Gasteiger partial charge in [0.25, 0.3) is 0 Å². The molecule has 0 spiro atoms. The topological polar surface area (TPSA) is 29.5 Å². The van der Waals surface area contributed by atoms with E-state index < -0.39 is 0 Å². The summed E-state index contributed by atoms with van der Waals surface area (Å²) in [4.78, 5) is 14.8. The number of methoxy groups -OCH3 is 1. The molecule has 2 aromatic carbocycles. The summed E-state index contributed by atoms with van der Waals surface area (Å²) in [6.07, 6.45) is 0. The molecular formula is C17H18ClNO2S. The third-order valence-corrected chi connectivity index (χ3v) is 4.75. The molecule has 3 aromatic rings. The van der Waals surface area contributed by atoms with E-state index in [2.05, 4.69) is 4.90 Å². The predicted octanol–water partition coefficient (Wildman–Crippen LogP) is 3.91. The van der Waals surface area contributed by atoms with Crippen molar-refractivity contribution in [3.63, 3.8) is 0 Å². The summed E-state index contributed by atoms with van der Waals surface area (Å²) in [5.41, 5.74) is 1.18. The molecule has 0 bridgehead atoms. The maximum atomic E-state index is 12.7. The summed E-state index contributed by atoms with van der Waals surface area (Å²) in [5.74, 6) is 0.835. The van der Waals surface area contributed by atoms with Crippen molar-refractivity contribution in [3.8, 4) is 5.75 Å². The van der Waals surface area contributed by atoms with Gasteiger partial charge in [-0.2, -0.15) is 0 Å². The van der Waals surface area contributed by atoms with Gasteiger partial charge in [0.2, 0.25) is 0 Å². The van der Waals surface area contributed by atoms with Crippen LogP contribution in [0.2, 0.25) is 0 Å². The standard InChI is InChI=1S/C17H17NO2S.ClH/c1-18(2)10-13-14(20-3)9-8-12-16(19)11-6-4-5-7-15(11)21-17(12)13;/h4-9H,10H2,1-3H3;1H. The van der Waals surface area contributed by atoms with Gasteiger partial charge in [-0.1, -0.05) is 12.1 Å². The monoisotopic (exact) mass is 335 g/mol. The second-order valence-corrected chi connectivity index (χ2v) is 6.34. The van der Waals surface area contributed by atoms with Crippen LogP contribution in [0.15, 0.2) is 41.2 Å². The minimum Gasteiger partial charge on any atom is -0.496 e. The molecule has 0 amide bonds. The van der Waals surface area contributed by atoms with Gasteiger partial charge in [0.05, 0.1) is 7.11 Å². The van der Waals surface area contributed by atoms with Gasteiger partial charge in [0.1, 0.15) is 5.75 Å². The number of benzene rings is 2. The largest absolute Gasteiger partial charge is 0.496 e. The Hall–Kier alpha value is -1.62. The van der Waals surface area contributed by atoms with E-state index in [9.17, 15) is 4.79 Å². The molecule has 0 aliphatic rings. The van der Waals surface area contributed by atoms with Crippen molar-refractivity contribution < 1.29 is 4.74 Å². The van der Waals surface area contributed by atoms with Crippen molar-refractivity contribution in [2.24, 2.45) is 0 Å². The van der Waals surface area contributed by atoms with Gasteiger partial charge in [-0.05, 0) is 38.4 Å². The maximum absolute atomic E-state index is 12.7. The molecule has 1 heterocycles. The number of halogens is 1. The second kappa shape index (κ2) is 6.65. The average molecular weight is 336 g/mol. The van der Waals surface area contributed by atoms with Gasteiger partial charge >= 0.3 is 0 Å². The fraction of sp³-hybridized carbons (Fsp3) is 0.235. The van der Waals surface area contributed by atoms with Gasteiger partial charge in [0, 0.05) is 32.3 Å². The van der Waals surface area contributed by atoms with Crippen molar-refractivity contribution >= 4 is 43.9 Å². The first-order valence-corrected chi connectivity index (χ1v) is 7.59. The van der Waals surface area contributed by atoms with Crippen LogP contribution in [-0.4, -0.2) is 26.1 Å². The third-order valence-electron chi connectivity index (χ3n) is 3.50. The van der Waals surface area contributed by atoms with E-state index in [0.29, 0.717) is 0 Å². The summed E-state index contributed by atoms with van der Waals surface area (Å²) < 4.78 is 7.52. The van der Waals surface area contributed by atoms with Crippen molar-refractivity contribution in [1.82, 2.24) is 4.90 Å². The van der Waals surface area contributed by atoms with Crippen LogP contribution in [0, 0.1) is 0 Å². The predicted molar refractivity (Wildman–Crippen MR) is 96.8 cm³/mol. The zero-order valence-electron chi connectivity index (χ0n) is 12.8. The van der Waals surface area contributed by atoms with Crippen LogP contribution in [0.3, 0.4) is 0 Å². The highest BCUT2D eigenvalue weighted by Crippen LogP contribution is 2.33. The van der Waals surface area contributed by atoms with Crippen LogP contribution < -0.4 is 10.2 Å². The Morgan fingerprint density at radius 3 is 2.50 bits per heavy atom. The molecule has 0 saturated carbocycles. The average Bonchev–Trinajstić information content (AvgIpc) is 2.48. The van der Waals surface area contributed by atoms with E-state index in [0.717, 1.165) is 38.0 Å². The molecule has 3 nitrogen and oxygen atoms in total. The molecule has 0 N–H and O–H groups in total. The van der Waals surface area contributed by atoms with E-state index in [1.807, 2.05) is 50.5 Å². The summed E-state index contributed by atoms with van der Waals surface area (Å²) >= 11 is 1.66. The Bertz CT molecular complexity index is 874. The Labute approximate surface area is 139 Å². The molecule has 116 valence electrons. The molecule has 0 unspecified atom stereocenters. The van der Waals surface area contributed by atoms with Crippen LogP contribution in [-0.2, 0) is 6.54 Å². The van der Waals surface area contributed by atoms with Crippen LogP contribution in [0.4, 0.5) is 0 Å². The Morgan fingerprint density at radius 1 is 1.09 bits per heavy atom. The number of fused-ring (bicyclic) bond motifs is 2. The second-order valence-electron chi connectivity index (χ2n) is 5.29. The van der Waals surface area contributed by atoms with E-state index in [1.54, 1.807) is 18.4 Å². The first-order valence-electron chi connectivity index (χ1n) is 6.78. The molecule has 0 fully saturated rings. The Balaban J connectivity index is 0.00000176. The van der Waals surface area contributed by atoms with Gasteiger partial charge < -0.3 is 9.64 Å². The highest BCUT2D eigenvalue weighted by Gasteiger charge is 2.14. The lowest BCUT2D eigenvalue weighted by Gasteiger charge is -2.15. The molecule has 0 saturated heterocycles. The van der Waals surface area contributed by atoms with Crippen molar-refractivity contribution in [1.29, 1.82) is 0 Å². The highest BCUT2D eigenvalue weighted by atomic mass is 35.5. The van der Waals surface area contributed by atoms with Crippen molar-refractivity contribution in [3.05, 3.63) is 52.2 Å². The lowest BCUT2D eigenvalue weighted by atomic mass is 10.1. The SMILES string of the molecule is COc1ccc2c(=O)c3ccccc3sc2c1CN(C)C.Cl. The summed E-state index contributed by atoms with van der Waals surface area (Å²) in [5, 5.41) is 1.56. The summed E-state index contributed by atoms with van der Waals surface area (Å²) in [6, 6.07) is 11.5. The molecule has 5 heteroatoms. The molecule has 22 heavy (non-hydrogen) atoms. The lowest BCUT2D eigenvalue weighted by molar-refractivity contribution is 0.374. The van der Waals surface area contributed by atoms with Crippen molar-refractivity contribution in [2.75, 3.05) is 21.2 Å². The zero-order chi connectivity index (χ0) is 15.0. The number of rotatable bonds is 3. The Kier molecular flexibility index (Phi) is 5.06. The van der Waals surface area contributed by atoms with Crippen LogP contribution in [0.25, 0.3) is 20.2 Å². The van der Waals surface area contributed by atoms with E-state index in [4.69, 9.17) is 4.74 Å². The van der Waals surface area contributed by atoms with Crippen LogP contribution in [0.1, 0.15) is 5.56 Å². The summed E-state index contributed by atoms with van der Waals surface area (Å²) in [7, 11) is 5.70. The molecule has 0 aliphatic heterocycles. The number of nitrogens with zero attached hydrogens (tertiary/aromatic N) is 1. The van der Waals surface area contributed by atoms with E-state index in [1.165, 1.54) is 0 Å². The number of hydrogen-bond acceptors (Lipinski definition) is 4. The highest BCUT2D eigenvalue weighted by molar-refractivity contribution is 7.24. The fourth-order valence-electron chi connectivity index (χ4n) is 2.56. The molecule has 1 aromatic heterocycles. The molecule has 0 aliphatic carbocycles. The van der Waals surface area contributed by atoms with Gasteiger partial charge in [-0.25, -0.2) is 0 Å². The van der Waals surface area contributed by atoms with Crippen LogP contribution >= 0.6 is 23.7 Å². The molecule has 0 radical (unpaired) electrons. The van der Waals surface area contributed by atoms with E-state index >= 15 is 0 Å². The Morgan fingerprint density at radius 2 is 1.82 bits per heavy atom. The summed E-state index contributed by atoms with van der Waals surface area (Å²) in [6.45, 7) is 0.745. The van der Waals surface area contributed by atoms with Crippen molar-refractivity contribution in [2.45, 2.75) is 6.54 Å². The third kappa shape index (κ3) is 2.82. The normalized spacial score (nSPS) is 10.9. The molecule has 3 rings (SSSR count). The van der Waals surface area contributed by atoms with Crippen LogP contribution in [0.5, 0.6) is 5.75 Å². The van der Waals surface area contributed by atoms with Gasteiger partial charge in [-0.15, -0.1) is 23.7 Å². The minimum atomic E-state index is 0. The zero-order valence-corrected chi connectivity index (χ0v) is 14.4. The number of ether oxygens (including phenoxy) is 1. The minimum absolute atomic E-state index is 0. The fourth-order valence-corrected chi connectivity index (χ4v) is 3.76. The quantitative estimate of drug-likeness (QED) is 0.680. The maximum Gasteiger partial charge on any atom is 0.195 e. The number of hydrogen-bond donors (Lipinski definition) is 0. The first-order chi connectivity index (χ1) is 10.1. The first kappa shape index (κ1) is 16.7. The van der Waals surface area contributed by atoms with E-state index in [-0.39, 0.29) is 17.8 Å². The van der Waals surface area contributed by atoms with Gasteiger partial charge in [0.15, 0.2) is 5.43 Å². The smallest absolute Gasteiger partial charge is 0.195 e. The molecular weight excluding hydrogens is 318 g/mol. The lowest BCUT2D eigenvalue weighted by Crippen LogP contribution is -2.13.